The summed E-state index contributed by atoms with van der Waals surface area (Å²) in [6, 6.07) is 6.10. The Morgan fingerprint density at radius 1 is 1.33 bits per heavy atom. The van der Waals surface area contributed by atoms with Crippen LogP contribution in [0.25, 0.3) is 0 Å². The molecule has 0 radical (unpaired) electrons. The van der Waals surface area contributed by atoms with Crippen LogP contribution in [0.5, 0.6) is 0 Å². The molecule has 0 fully saturated rings. The lowest BCUT2D eigenvalue weighted by Crippen LogP contribution is -2.34. The second kappa shape index (κ2) is 7.46. The Labute approximate surface area is 138 Å². The molecule has 0 saturated heterocycles. The first-order valence-corrected chi connectivity index (χ1v) is 7.60. The summed E-state index contributed by atoms with van der Waals surface area (Å²) in [6.45, 7) is 1.75. The van der Waals surface area contributed by atoms with Crippen LogP contribution < -0.4 is 0 Å². The predicted molar refractivity (Wildman–Crippen MR) is 81.9 cm³/mol. The number of hydrogen-bond donors (Lipinski definition) is 0. The van der Waals surface area contributed by atoms with Crippen LogP contribution >= 0.6 is 0 Å². The Morgan fingerprint density at radius 3 is 2.62 bits per heavy atom. The van der Waals surface area contributed by atoms with Crippen molar-refractivity contribution in [1.82, 2.24) is 19.7 Å². The van der Waals surface area contributed by atoms with Gasteiger partial charge in [-0.3, -0.25) is 14.5 Å². The van der Waals surface area contributed by atoms with Crippen molar-refractivity contribution in [3.05, 3.63) is 48.0 Å². The Balaban J connectivity index is 2.11. The molecule has 0 unspecified atom stereocenters. The molecular weight excluding hydrogens is 321 g/mol. The first kappa shape index (κ1) is 18.0. The highest BCUT2D eigenvalue weighted by Gasteiger charge is 2.33. The third-order valence-corrected chi connectivity index (χ3v) is 3.68. The third kappa shape index (κ3) is 4.33. The summed E-state index contributed by atoms with van der Waals surface area (Å²) >= 11 is 0. The fourth-order valence-corrected chi connectivity index (χ4v) is 2.41. The van der Waals surface area contributed by atoms with E-state index < -0.39 is 11.9 Å². The average Bonchev–Trinajstić information content (AvgIpc) is 3.01. The zero-order valence-corrected chi connectivity index (χ0v) is 13.5. The van der Waals surface area contributed by atoms with Crippen LogP contribution in [-0.4, -0.2) is 32.6 Å². The predicted octanol–water partition coefficient (Wildman–Crippen LogP) is 3.30. The second-order valence-corrected chi connectivity index (χ2v) is 5.46. The van der Waals surface area contributed by atoms with Crippen molar-refractivity contribution in [3.8, 4) is 0 Å². The summed E-state index contributed by atoms with van der Waals surface area (Å²) in [5.41, 5.74) is -0.251. The maximum Gasteiger partial charge on any atom is 0.435 e. The van der Waals surface area contributed by atoms with Crippen molar-refractivity contribution in [3.63, 3.8) is 0 Å². The molecule has 5 nitrogen and oxygen atoms in total. The minimum atomic E-state index is -4.51. The third-order valence-electron chi connectivity index (χ3n) is 3.68. The van der Waals surface area contributed by atoms with E-state index >= 15 is 0 Å². The molecule has 0 N–H and O–H groups in total. The fraction of sp³-hybridized carbons (Fsp3) is 0.438. The van der Waals surface area contributed by atoms with E-state index in [1.165, 1.54) is 4.90 Å². The molecule has 1 atom stereocenters. The molecule has 0 bridgehead atoms. The van der Waals surface area contributed by atoms with Crippen molar-refractivity contribution >= 4 is 5.91 Å². The largest absolute Gasteiger partial charge is 0.435 e. The number of rotatable bonds is 6. The molecule has 1 amide bonds. The van der Waals surface area contributed by atoms with Crippen LogP contribution in [0.2, 0.25) is 0 Å². The molecule has 2 rings (SSSR count). The van der Waals surface area contributed by atoms with E-state index in [2.05, 4.69) is 10.1 Å². The number of carbonyl (C=O) groups excluding carboxylic acids is 1. The second-order valence-electron chi connectivity index (χ2n) is 5.46. The van der Waals surface area contributed by atoms with Gasteiger partial charge in [-0.2, -0.15) is 18.3 Å². The minimum Gasteiger partial charge on any atom is -0.336 e. The Morgan fingerprint density at radius 2 is 2.08 bits per heavy atom. The van der Waals surface area contributed by atoms with Gasteiger partial charge in [-0.25, -0.2) is 0 Å². The van der Waals surface area contributed by atoms with Gasteiger partial charge >= 0.3 is 6.18 Å². The topological polar surface area (TPSA) is 51.0 Å². The molecule has 130 valence electrons. The van der Waals surface area contributed by atoms with Gasteiger partial charge in [0.15, 0.2) is 5.69 Å². The van der Waals surface area contributed by atoms with Crippen molar-refractivity contribution in [2.24, 2.45) is 0 Å². The highest BCUT2D eigenvalue weighted by atomic mass is 19.4. The normalized spacial score (nSPS) is 12.9. The molecule has 2 aromatic heterocycles. The SMILES string of the molecule is CCC[C@@H](c1ccccn1)N(C)C(=O)Cn1ccc(C(F)(F)F)n1. The average molecular weight is 340 g/mol. The number of nitrogens with zero attached hydrogens (tertiary/aromatic N) is 4. The number of halogens is 3. The van der Waals surface area contributed by atoms with Crippen molar-refractivity contribution < 1.29 is 18.0 Å². The zero-order valence-electron chi connectivity index (χ0n) is 13.5. The van der Waals surface area contributed by atoms with Gasteiger partial charge in [-0.15, -0.1) is 0 Å². The van der Waals surface area contributed by atoms with Gasteiger partial charge in [0.25, 0.3) is 0 Å². The smallest absolute Gasteiger partial charge is 0.336 e. The molecule has 0 aromatic carbocycles. The summed E-state index contributed by atoms with van der Waals surface area (Å²) < 4.78 is 38.7. The maximum atomic E-state index is 12.6. The number of alkyl halides is 3. The van der Waals surface area contributed by atoms with Gasteiger partial charge in [0.1, 0.15) is 6.54 Å². The molecule has 0 aliphatic carbocycles. The highest BCUT2D eigenvalue weighted by Crippen LogP contribution is 2.27. The van der Waals surface area contributed by atoms with Crippen LogP contribution in [0.3, 0.4) is 0 Å². The molecule has 0 aliphatic heterocycles. The molecule has 2 aromatic rings. The van der Waals surface area contributed by atoms with E-state index in [9.17, 15) is 18.0 Å². The van der Waals surface area contributed by atoms with Gasteiger partial charge in [0.2, 0.25) is 5.91 Å². The molecule has 2 heterocycles. The summed E-state index contributed by atoms with van der Waals surface area (Å²) in [5, 5.41) is 3.41. The molecule has 0 saturated carbocycles. The van der Waals surface area contributed by atoms with Crippen molar-refractivity contribution in [2.45, 2.75) is 38.5 Å². The maximum absolute atomic E-state index is 12.6. The van der Waals surface area contributed by atoms with Crippen LogP contribution in [0.15, 0.2) is 36.7 Å². The van der Waals surface area contributed by atoms with Crippen LogP contribution in [-0.2, 0) is 17.5 Å². The van der Waals surface area contributed by atoms with Crippen LogP contribution in [0, 0.1) is 0 Å². The highest BCUT2D eigenvalue weighted by molar-refractivity contribution is 5.76. The number of amides is 1. The summed E-state index contributed by atoms with van der Waals surface area (Å²) in [6.07, 6.45) is -0.145. The molecule has 0 aliphatic rings. The van der Waals surface area contributed by atoms with E-state index in [0.29, 0.717) is 6.42 Å². The fourth-order valence-electron chi connectivity index (χ4n) is 2.41. The first-order valence-electron chi connectivity index (χ1n) is 7.60. The Kier molecular flexibility index (Phi) is 5.58. The number of hydrogen-bond acceptors (Lipinski definition) is 3. The molecule has 24 heavy (non-hydrogen) atoms. The quantitative estimate of drug-likeness (QED) is 0.811. The van der Waals surface area contributed by atoms with Crippen LogP contribution in [0.4, 0.5) is 13.2 Å². The minimum absolute atomic E-state index is 0.221. The monoisotopic (exact) mass is 340 g/mol. The zero-order chi connectivity index (χ0) is 17.7. The van der Waals surface area contributed by atoms with E-state index in [0.717, 1.165) is 29.1 Å². The number of pyridine rings is 1. The van der Waals surface area contributed by atoms with Gasteiger partial charge in [0, 0.05) is 19.4 Å². The number of likely N-dealkylation sites (N-methyl/N-ethyl adjacent to an activating group) is 1. The Hall–Kier alpha value is -2.38. The molecular formula is C16H19F3N4O. The molecule has 0 spiro atoms. The van der Waals surface area contributed by atoms with Crippen molar-refractivity contribution in [1.29, 1.82) is 0 Å². The van der Waals surface area contributed by atoms with E-state index in [4.69, 9.17) is 0 Å². The standard InChI is InChI=1S/C16H19F3N4O/c1-3-6-13(12-7-4-5-9-20-12)22(2)15(24)11-23-10-8-14(21-23)16(17,18)19/h4-5,7-10,13H,3,6,11H2,1-2H3/t13-/m0/s1. The first-order chi connectivity index (χ1) is 11.3. The van der Waals surface area contributed by atoms with Gasteiger partial charge in [0.05, 0.1) is 11.7 Å². The number of carbonyl (C=O) groups is 1. The van der Waals surface area contributed by atoms with E-state index in [1.54, 1.807) is 19.3 Å². The Bertz CT molecular complexity index is 669. The summed E-state index contributed by atoms with van der Waals surface area (Å²) in [4.78, 5) is 18.2. The van der Waals surface area contributed by atoms with Gasteiger partial charge in [-0.1, -0.05) is 19.4 Å². The van der Waals surface area contributed by atoms with Crippen molar-refractivity contribution in [2.75, 3.05) is 7.05 Å². The summed E-state index contributed by atoms with van der Waals surface area (Å²) in [5.74, 6) is -0.323. The lowest BCUT2D eigenvalue weighted by molar-refractivity contribution is -0.142. The van der Waals surface area contributed by atoms with Crippen LogP contribution in [0.1, 0.15) is 37.2 Å². The lowest BCUT2D eigenvalue weighted by Gasteiger charge is -2.27. The van der Waals surface area contributed by atoms with E-state index in [1.807, 2.05) is 19.1 Å². The number of aromatic nitrogens is 3. The van der Waals surface area contributed by atoms with E-state index in [-0.39, 0.29) is 18.5 Å². The van der Waals surface area contributed by atoms with Gasteiger partial charge in [-0.05, 0) is 24.6 Å². The summed E-state index contributed by atoms with van der Waals surface area (Å²) in [7, 11) is 1.63. The lowest BCUT2D eigenvalue weighted by atomic mass is 10.1. The van der Waals surface area contributed by atoms with Gasteiger partial charge < -0.3 is 4.90 Å². The molecule has 8 heteroatoms.